The Labute approximate surface area is 113 Å². The monoisotopic (exact) mass is 267 g/mol. The van der Waals surface area contributed by atoms with Gasteiger partial charge in [-0.05, 0) is 38.3 Å². The van der Waals surface area contributed by atoms with Crippen LogP contribution in [0.3, 0.4) is 0 Å². The standard InChI is InChI=1S/C14H21NO2S/c1-9(15)6-10-7-11(16-2)8-13(14(10)17-3)18-12-4-5-12/h7-9,12H,4-6,15H2,1-3H3. The lowest BCUT2D eigenvalue weighted by Crippen LogP contribution is -2.18. The molecule has 2 rings (SSSR count). The van der Waals surface area contributed by atoms with Gasteiger partial charge < -0.3 is 15.2 Å². The number of methoxy groups -OCH3 is 2. The van der Waals surface area contributed by atoms with E-state index >= 15 is 0 Å². The quantitative estimate of drug-likeness (QED) is 0.861. The van der Waals surface area contributed by atoms with Gasteiger partial charge in [-0.25, -0.2) is 0 Å². The largest absolute Gasteiger partial charge is 0.497 e. The molecule has 2 N–H and O–H groups in total. The highest BCUT2D eigenvalue weighted by Crippen LogP contribution is 2.45. The van der Waals surface area contributed by atoms with Crippen molar-refractivity contribution >= 4 is 11.8 Å². The molecule has 0 amide bonds. The molecule has 1 fully saturated rings. The minimum atomic E-state index is 0.116. The lowest BCUT2D eigenvalue weighted by molar-refractivity contribution is 0.388. The molecule has 1 saturated carbocycles. The molecule has 0 heterocycles. The molecular weight excluding hydrogens is 246 g/mol. The summed E-state index contributed by atoms with van der Waals surface area (Å²) in [7, 11) is 3.42. The van der Waals surface area contributed by atoms with Crippen LogP contribution in [-0.2, 0) is 6.42 Å². The first kappa shape index (κ1) is 13.6. The maximum atomic E-state index is 5.90. The van der Waals surface area contributed by atoms with E-state index in [4.69, 9.17) is 15.2 Å². The highest BCUT2D eigenvalue weighted by atomic mass is 32.2. The minimum Gasteiger partial charge on any atom is -0.497 e. The molecule has 1 atom stereocenters. The second kappa shape index (κ2) is 5.85. The third-order valence-corrected chi connectivity index (χ3v) is 4.27. The van der Waals surface area contributed by atoms with Crippen LogP contribution in [0.25, 0.3) is 0 Å². The summed E-state index contributed by atoms with van der Waals surface area (Å²) in [5.41, 5.74) is 7.03. The van der Waals surface area contributed by atoms with Crippen LogP contribution in [0, 0.1) is 0 Å². The minimum absolute atomic E-state index is 0.116. The predicted octanol–water partition coefficient (Wildman–Crippen LogP) is 2.85. The number of benzene rings is 1. The molecule has 3 nitrogen and oxygen atoms in total. The van der Waals surface area contributed by atoms with Gasteiger partial charge in [-0.1, -0.05) is 0 Å². The molecule has 0 bridgehead atoms. The predicted molar refractivity (Wildman–Crippen MR) is 75.8 cm³/mol. The van der Waals surface area contributed by atoms with E-state index in [9.17, 15) is 0 Å². The molecule has 0 aromatic heterocycles. The summed E-state index contributed by atoms with van der Waals surface area (Å²) in [5.74, 6) is 1.85. The fourth-order valence-electron chi connectivity index (χ4n) is 1.93. The van der Waals surface area contributed by atoms with Gasteiger partial charge in [-0.15, -0.1) is 11.8 Å². The average Bonchev–Trinajstić information content (AvgIpc) is 3.11. The van der Waals surface area contributed by atoms with Gasteiger partial charge in [0.15, 0.2) is 0 Å². The fraction of sp³-hybridized carbons (Fsp3) is 0.571. The second-order valence-electron chi connectivity index (χ2n) is 4.82. The SMILES string of the molecule is COc1cc(CC(C)N)c(OC)c(SC2CC2)c1. The maximum Gasteiger partial charge on any atom is 0.135 e. The van der Waals surface area contributed by atoms with Crippen LogP contribution in [-0.4, -0.2) is 25.5 Å². The highest BCUT2D eigenvalue weighted by molar-refractivity contribution is 8.00. The van der Waals surface area contributed by atoms with Gasteiger partial charge in [0, 0.05) is 16.9 Å². The third kappa shape index (κ3) is 3.33. The van der Waals surface area contributed by atoms with Gasteiger partial charge in [-0.2, -0.15) is 0 Å². The van der Waals surface area contributed by atoms with E-state index in [2.05, 4.69) is 6.07 Å². The van der Waals surface area contributed by atoms with Crippen molar-refractivity contribution in [3.63, 3.8) is 0 Å². The first-order valence-electron chi connectivity index (χ1n) is 6.31. The van der Waals surface area contributed by atoms with Gasteiger partial charge in [-0.3, -0.25) is 0 Å². The first-order valence-corrected chi connectivity index (χ1v) is 7.19. The zero-order chi connectivity index (χ0) is 13.1. The van der Waals surface area contributed by atoms with Crippen LogP contribution < -0.4 is 15.2 Å². The fourth-order valence-corrected chi connectivity index (χ4v) is 3.17. The zero-order valence-corrected chi connectivity index (χ0v) is 12.0. The lowest BCUT2D eigenvalue weighted by atomic mass is 10.1. The van der Waals surface area contributed by atoms with Crippen LogP contribution in [0.1, 0.15) is 25.3 Å². The van der Waals surface area contributed by atoms with Crippen LogP contribution in [0.2, 0.25) is 0 Å². The smallest absolute Gasteiger partial charge is 0.135 e. The number of thioether (sulfide) groups is 1. The number of hydrogen-bond donors (Lipinski definition) is 1. The Bertz CT molecular complexity index is 391. The number of rotatable bonds is 6. The highest BCUT2D eigenvalue weighted by Gasteiger charge is 2.25. The molecule has 18 heavy (non-hydrogen) atoms. The first-order chi connectivity index (χ1) is 8.63. The topological polar surface area (TPSA) is 44.5 Å². The van der Waals surface area contributed by atoms with E-state index in [1.165, 1.54) is 17.7 Å². The summed E-state index contributed by atoms with van der Waals surface area (Å²) in [6.45, 7) is 2.01. The molecule has 1 aromatic carbocycles. The molecule has 0 saturated heterocycles. The maximum absolute atomic E-state index is 5.90. The van der Waals surface area contributed by atoms with Crippen molar-refractivity contribution in [2.24, 2.45) is 5.73 Å². The lowest BCUT2D eigenvalue weighted by Gasteiger charge is -2.16. The van der Waals surface area contributed by atoms with Crippen molar-refractivity contribution in [3.05, 3.63) is 17.7 Å². The van der Waals surface area contributed by atoms with Crippen LogP contribution in [0.5, 0.6) is 11.5 Å². The Balaban J connectivity index is 2.34. The number of ether oxygens (including phenoxy) is 2. The Morgan fingerprint density at radius 2 is 2.06 bits per heavy atom. The number of nitrogens with two attached hydrogens (primary N) is 1. The molecule has 0 radical (unpaired) electrons. The van der Waals surface area contributed by atoms with E-state index in [1.807, 2.05) is 24.8 Å². The summed E-state index contributed by atoms with van der Waals surface area (Å²) >= 11 is 1.89. The summed E-state index contributed by atoms with van der Waals surface area (Å²) in [5, 5.41) is 0.745. The Hall–Kier alpha value is -0.870. The van der Waals surface area contributed by atoms with Gasteiger partial charge in [0.1, 0.15) is 11.5 Å². The van der Waals surface area contributed by atoms with Crippen LogP contribution >= 0.6 is 11.8 Å². The molecule has 0 spiro atoms. The molecule has 1 aliphatic carbocycles. The molecule has 1 aliphatic rings. The number of hydrogen-bond acceptors (Lipinski definition) is 4. The molecule has 4 heteroatoms. The van der Waals surface area contributed by atoms with Gasteiger partial charge >= 0.3 is 0 Å². The molecule has 100 valence electrons. The van der Waals surface area contributed by atoms with Crippen molar-refractivity contribution in [3.8, 4) is 11.5 Å². The Kier molecular flexibility index (Phi) is 4.40. The molecule has 0 aliphatic heterocycles. The van der Waals surface area contributed by atoms with Gasteiger partial charge in [0.2, 0.25) is 0 Å². The van der Waals surface area contributed by atoms with E-state index in [1.54, 1.807) is 14.2 Å². The molecule has 1 aromatic rings. The van der Waals surface area contributed by atoms with Crippen molar-refractivity contribution < 1.29 is 9.47 Å². The van der Waals surface area contributed by atoms with E-state index in [-0.39, 0.29) is 6.04 Å². The Morgan fingerprint density at radius 3 is 2.56 bits per heavy atom. The summed E-state index contributed by atoms with van der Waals surface area (Å²) in [4.78, 5) is 1.18. The van der Waals surface area contributed by atoms with E-state index < -0.39 is 0 Å². The van der Waals surface area contributed by atoms with Crippen molar-refractivity contribution in [2.75, 3.05) is 14.2 Å². The summed E-state index contributed by atoms with van der Waals surface area (Å²) < 4.78 is 10.9. The van der Waals surface area contributed by atoms with Crippen molar-refractivity contribution in [1.82, 2.24) is 0 Å². The van der Waals surface area contributed by atoms with Gasteiger partial charge in [0.05, 0.1) is 19.1 Å². The van der Waals surface area contributed by atoms with E-state index in [0.29, 0.717) is 0 Å². The van der Waals surface area contributed by atoms with E-state index in [0.717, 1.165) is 28.7 Å². The summed E-state index contributed by atoms with van der Waals surface area (Å²) in [6, 6.07) is 4.20. The van der Waals surface area contributed by atoms with Crippen molar-refractivity contribution in [1.29, 1.82) is 0 Å². The Morgan fingerprint density at radius 1 is 1.33 bits per heavy atom. The molecular formula is C14H21NO2S. The normalized spacial score (nSPS) is 16.4. The third-order valence-electron chi connectivity index (χ3n) is 2.91. The zero-order valence-electron chi connectivity index (χ0n) is 11.2. The van der Waals surface area contributed by atoms with Crippen LogP contribution in [0.4, 0.5) is 0 Å². The molecule has 1 unspecified atom stereocenters. The summed E-state index contributed by atoms with van der Waals surface area (Å²) in [6.07, 6.45) is 3.40. The van der Waals surface area contributed by atoms with Crippen LogP contribution in [0.15, 0.2) is 17.0 Å². The van der Waals surface area contributed by atoms with Gasteiger partial charge in [0.25, 0.3) is 0 Å². The second-order valence-corrected chi connectivity index (χ2v) is 6.16. The van der Waals surface area contributed by atoms with Crippen molar-refractivity contribution in [2.45, 2.75) is 42.4 Å². The average molecular weight is 267 g/mol.